The zero-order valence-corrected chi connectivity index (χ0v) is 12.4. The summed E-state index contributed by atoms with van der Waals surface area (Å²) in [4.78, 5) is -0.405. The van der Waals surface area contributed by atoms with Crippen molar-refractivity contribution in [3.8, 4) is 0 Å². The summed E-state index contributed by atoms with van der Waals surface area (Å²) < 4.78 is 53.1. The van der Waals surface area contributed by atoms with Crippen LogP contribution in [0.15, 0.2) is 53.4 Å². The third kappa shape index (κ3) is 3.21. The van der Waals surface area contributed by atoms with Crippen LogP contribution in [-0.4, -0.2) is 14.5 Å². The molecule has 0 saturated heterocycles. The van der Waals surface area contributed by atoms with Crippen LogP contribution in [0.1, 0.15) is 13.8 Å². The first kappa shape index (κ1) is 15.4. The molecule has 0 saturated carbocycles. The second-order valence-corrected chi connectivity index (χ2v) is 6.65. The zero-order valence-electron chi connectivity index (χ0n) is 11.6. The van der Waals surface area contributed by atoms with E-state index in [1.807, 2.05) is 0 Å². The maximum atomic E-state index is 13.3. The summed E-state index contributed by atoms with van der Waals surface area (Å²) in [6.07, 6.45) is 0. The molecule has 2 rings (SSSR count). The Balaban J connectivity index is 2.58. The van der Waals surface area contributed by atoms with Crippen LogP contribution >= 0.6 is 0 Å². The lowest BCUT2D eigenvalue weighted by Crippen LogP contribution is -2.37. The van der Waals surface area contributed by atoms with E-state index in [-0.39, 0.29) is 0 Å². The molecule has 0 atom stereocenters. The van der Waals surface area contributed by atoms with Gasteiger partial charge in [0.15, 0.2) is 0 Å². The quantitative estimate of drug-likeness (QED) is 0.865. The van der Waals surface area contributed by atoms with Gasteiger partial charge in [-0.15, -0.1) is 0 Å². The molecule has 0 N–H and O–H groups in total. The highest BCUT2D eigenvalue weighted by atomic mass is 32.2. The number of anilines is 1. The average molecular weight is 311 g/mol. The maximum Gasteiger partial charge on any atom is 0.264 e. The van der Waals surface area contributed by atoms with Crippen LogP contribution < -0.4 is 4.31 Å². The average Bonchev–Trinajstić information content (AvgIpc) is 2.38. The van der Waals surface area contributed by atoms with Crippen molar-refractivity contribution in [1.82, 2.24) is 0 Å². The fourth-order valence-corrected chi connectivity index (χ4v) is 3.78. The minimum atomic E-state index is -4.05. The summed E-state index contributed by atoms with van der Waals surface area (Å²) in [5, 5.41) is 0. The van der Waals surface area contributed by atoms with Crippen LogP contribution in [-0.2, 0) is 10.0 Å². The number of sulfonamides is 1. The van der Waals surface area contributed by atoms with Crippen LogP contribution in [0.25, 0.3) is 0 Å². The van der Waals surface area contributed by atoms with Gasteiger partial charge in [-0.2, -0.15) is 0 Å². The molecule has 0 fully saturated rings. The first-order chi connectivity index (χ1) is 9.82. The second-order valence-electron chi connectivity index (χ2n) is 4.84. The standard InChI is InChI=1S/C15H15F2NO2S/c1-11(2)18(14-6-4-3-5-7-14)21(19,20)15-9-12(16)8-13(17)10-15/h3-11H,1-2H3. The Labute approximate surface area is 122 Å². The minimum Gasteiger partial charge on any atom is -0.264 e. The summed E-state index contributed by atoms with van der Waals surface area (Å²) in [5.41, 5.74) is 0.442. The van der Waals surface area contributed by atoms with Crippen molar-refractivity contribution < 1.29 is 17.2 Å². The van der Waals surface area contributed by atoms with Gasteiger partial charge in [-0.3, -0.25) is 4.31 Å². The summed E-state index contributed by atoms with van der Waals surface area (Å²) in [6.45, 7) is 3.39. The second kappa shape index (κ2) is 5.81. The maximum absolute atomic E-state index is 13.3. The molecule has 0 aliphatic rings. The Kier molecular flexibility index (Phi) is 4.27. The molecule has 3 nitrogen and oxygen atoms in total. The Morgan fingerprint density at radius 2 is 1.48 bits per heavy atom. The lowest BCUT2D eigenvalue weighted by Gasteiger charge is -2.28. The Bertz CT molecular complexity index is 710. The highest BCUT2D eigenvalue weighted by Crippen LogP contribution is 2.26. The van der Waals surface area contributed by atoms with Crippen molar-refractivity contribution in [3.05, 3.63) is 60.2 Å². The molecule has 0 amide bonds. The van der Waals surface area contributed by atoms with Crippen LogP contribution in [0.4, 0.5) is 14.5 Å². The van der Waals surface area contributed by atoms with Crippen molar-refractivity contribution in [2.45, 2.75) is 24.8 Å². The van der Waals surface area contributed by atoms with Gasteiger partial charge in [0.2, 0.25) is 0 Å². The number of rotatable bonds is 4. The van der Waals surface area contributed by atoms with E-state index in [1.165, 1.54) is 0 Å². The van der Waals surface area contributed by atoms with E-state index in [0.29, 0.717) is 11.8 Å². The topological polar surface area (TPSA) is 37.4 Å². The number of para-hydroxylation sites is 1. The smallest absolute Gasteiger partial charge is 0.264 e. The van der Waals surface area contributed by atoms with Gasteiger partial charge in [0, 0.05) is 12.1 Å². The fraction of sp³-hybridized carbons (Fsp3) is 0.200. The predicted molar refractivity (Wildman–Crippen MR) is 77.6 cm³/mol. The SMILES string of the molecule is CC(C)N(c1ccccc1)S(=O)(=O)c1cc(F)cc(F)c1. The molecule has 6 heteroatoms. The summed E-state index contributed by atoms with van der Waals surface area (Å²) in [5.74, 6) is -1.85. The van der Waals surface area contributed by atoms with Crippen molar-refractivity contribution in [2.75, 3.05) is 4.31 Å². The van der Waals surface area contributed by atoms with Crippen LogP contribution in [0.5, 0.6) is 0 Å². The number of hydrogen-bond acceptors (Lipinski definition) is 2. The van der Waals surface area contributed by atoms with E-state index in [0.717, 1.165) is 16.4 Å². The molecule has 0 aliphatic heterocycles. The van der Waals surface area contributed by atoms with Crippen molar-refractivity contribution >= 4 is 15.7 Å². The first-order valence-corrected chi connectivity index (χ1v) is 7.82. The molecule has 0 heterocycles. The van der Waals surface area contributed by atoms with Gasteiger partial charge < -0.3 is 0 Å². The molecule has 0 bridgehead atoms. The third-order valence-electron chi connectivity index (χ3n) is 2.87. The molecule has 21 heavy (non-hydrogen) atoms. The molecular weight excluding hydrogens is 296 g/mol. The van der Waals surface area contributed by atoms with E-state index in [4.69, 9.17) is 0 Å². The van der Waals surface area contributed by atoms with Crippen molar-refractivity contribution in [1.29, 1.82) is 0 Å². The number of hydrogen-bond donors (Lipinski definition) is 0. The molecule has 0 radical (unpaired) electrons. The van der Waals surface area contributed by atoms with Gasteiger partial charge in [0.25, 0.3) is 10.0 Å². The molecule has 112 valence electrons. The molecular formula is C15H15F2NO2S. The Morgan fingerprint density at radius 1 is 0.952 bits per heavy atom. The molecule has 2 aromatic rings. The Hall–Kier alpha value is -1.95. The van der Waals surface area contributed by atoms with Crippen LogP contribution in [0.3, 0.4) is 0 Å². The number of halogens is 2. The van der Waals surface area contributed by atoms with Crippen LogP contribution in [0.2, 0.25) is 0 Å². The van der Waals surface area contributed by atoms with E-state index in [9.17, 15) is 17.2 Å². The van der Waals surface area contributed by atoms with E-state index in [1.54, 1.807) is 44.2 Å². The van der Waals surface area contributed by atoms with Gasteiger partial charge in [-0.25, -0.2) is 17.2 Å². The molecule has 2 aromatic carbocycles. The summed E-state index contributed by atoms with van der Waals surface area (Å²) in [6, 6.07) is 10.3. The predicted octanol–water partition coefficient (Wildman–Crippen LogP) is 3.57. The molecule has 0 spiro atoms. The molecule has 0 unspecified atom stereocenters. The highest BCUT2D eigenvalue weighted by molar-refractivity contribution is 7.92. The zero-order chi connectivity index (χ0) is 15.6. The van der Waals surface area contributed by atoms with E-state index >= 15 is 0 Å². The Morgan fingerprint density at radius 3 is 1.95 bits per heavy atom. The number of nitrogens with zero attached hydrogens (tertiary/aromatic N) is 1. The van der Waals surface area contributed by atoms with Gasteiger partial charge in [0.1, 0.15) is 11.6 Å². The van der Waals surface area contributed by atoms with Crippen LogP contribution in [0, 0.1) is 11.6 Å². The monoisotopic (exact) mass is 311 g/mol. The minimum absolute atomic E-state index is 0.399. The molecule has 0 aromatic heterocycles. The normalized spacial score (nSPS) is 11.7. The van der Waals surface area contributed by atoms with Gasteiger partial charge in [-0.05, 0) is 38.1 Å². The third-order valence-corrected chi connectivity index (χ3v) is 4.85. The number of benzene rings is 2. The van der Waals surface area contributed by atoms with Crippen molar-refractivity contribution in [2.24, 2.45) is 0 Å². The summed E-state index contributed by atoms with van der Waals surface area (Å²) in [7, 11) is -4.05. The lowest BCUT2D eigenvalue weighted by molar-refractivity contribution is 0.563. The molecule has 0 aliphatic carbocycles. The fourth-order valence-electron chi connectivity index (χ4n) is 2.08. The van der Waals surface area contributed by atoms with Gasteiger partial charge in [-0.1, -0.05) is 18.2 Å². The first-order valence-electron chi connectivity index (χ1n) is 6.38. The van der Waals surface area contributed by atoms with E-state index in [2.05, 4.69) is 0 Å². The lowest BCUT2D eigenvalue weighted by atomic mass is 10.3. The summed E-state index contributed by atoms with van der Waals surface area (Å²) >= 11 is 0. The van der Waals surface area contributed by atoms with Gasteiger partial charge >= 0.3 is 0 Å². The van der Waals surface area contributed by atoms with Gasteiger partial charge in [0.05, 0.1) is 10.6 Å². The largest absolute Gasteiger partial charge is 0.264 e. The van der Waals surface area contributed by atoms with E-state index < -0.39 is 32.6 Å². The highest BCUT2D eigenvalue weighted by Gasteiger charge is 2.28. The van der Waals surface area contributed by atoms with Crippen molar-refractivity contribution in [3.63, 3.8) is 0 Å².